The molecule has 0 saturated carbocycles. The van der Waals surface area contributed by atoms with E-state index in [2.05, 4.69) is 20.4 Å². The summed E-state index contributed by atoms with van der Waals surface area (Å²) in [6, 6.07) is 0. The van der Waals surface area contributed by atoms with E-state index in [1.54, 1.807) is 0 Å². The summed E-state index contributed by atoms with van der Waals surface area (Å²) in [5, 5.41) is 0. The van der Waals surface area contributed by atoms with Gasteiger partial charge in [0.25, 0.3) is 0 Å². The standard InChI is InChI=1S/C7H16O2Si/c1-4-7(5-8-7)6(2)9-10-3/h6H,4-5,10H2,1-3H3. The highest BCUT2D eigenvalue weighted by molar-refractivity contribution is 6.24. The van der Waals surface area contributed by atoms with Gasteiger partial charge in [0.1, 0.15) is 5.60 Å². The number of epoxide rings is 1. The lowest BCUT2D eigenvalue weighted by Gasteiger charge is -2.18. The first-order chi connectivity index (χ1) is 4.75. The second-order valence-corrected chi connectivity index (χ2v) is 3.72. The molecule has 2 nitrogen and oxygen atoms in total. The van der Waals surface area contributed by atoms with Crippen molar-refractivity contribution in [3.8, 4) is 0 Å². The molecule has 0 radical (unpaired) electrons. The highest BCUT2D eigenvalue weighted by Crippen LogP contribution is 2.35. The van der Waals surface area contributed by atoms with Gasteiger partial charge in [0, 0.05) is 0 Å². The van der Waals surface area contributed by atoms with Crippen molar-refractivity contribution in [2.24, 2.45) is 0 Å². The normalized spacial score (nSPS) is 35.1. The van der Waals surface area contributed by atoms with E-state index in [-0.39, 0.29) is 15.4 Å². The lowest BCUT2D eigenvalue weighted by Crippen LogP contribution is -2.29. The van der Waals surface area contributed by atoms with Crippen LogP contribution in [0.25, 0.3) is 0 Å². The first-order valence-corrected chi connectivity index (χ1v) is 6.00. The van der Waals surface area contributed by atoms with Crippen LogP contribution >= 0.6 is 0 Å². The van der Waals surface area contributed by atoms with Crippen LogP contribution in [0.5, 0.6) is 0 Å². The zero-order valence-corrected chi connectivity index (χ0v) is 8.43. The molecule has 0 N–H and O–H groups in total. The van der Waals surface area contributed by atoms with Gasteiger partial charge in [0.05, 0.1) is 12.7 Å². The minimum atomic E-state index is -0.263. The maximum absolute atomic E-state index is 5.57. The van der Waals surface area contributed by atoms with E-state index in [0.29, 0.717) is 6.10 Å². The van der Waals surface area contributed by atoms with E-state index >= 15 is 0 Å². The zero-order chi connectivity index (χ0) is 7.61. The van der Waals surface area contributed by atoms with Gasteiger partial charge in [-0.1, -0.05) is 13.5 Å². The Morgan fingerprint density at radius 3 is 2.70 bits per heavy atom. The molecule has 1 aliphatic heterocycles. The largest absolute Gasteiger partial charge is 0.419 e. The minimum Gasteiger partial charge on any atom is -0.419 e. The fraction of sp³-hybridized carbons (Fsp3) is 1.00. The maximum atomic E-state index is 5.57. The Morgan fingerprint density at radius 1 is 1.80 bits per heavy atom. The molecule has 0 bridgehead atoms. The third kappa shape index (κ3) is 1.41. The highest BCUT2D eigenvalue weighted by Gasteiger charge is 2.48. The van der Waals surface area contributed by atoms with Crippen LogP contribution in [0.4, 0.5) is 0 Å². The molecule has 10 heavy (non-hydrogen) atoms. The molecule has 1 fully saturated rings. The van der Waals surface area contributed by atoms with Gasteiger partial charge in [0.2, 0.25) is 0 Å². The van der Waals surface area contributed by atoms with Crippen molar-refractivity contribution in [1.82, 2.24) is 0 Å². The molecule has 0 aromatic heterocycles. The minimum absolute atomic E-state index is 0.114. The average molecular weight is 160 g/mol. The molecular formula is C7H16O2Si. The summed E-state index contributed by atoms with van der Waals surface area (Å²) in [5.74, 6) is 0. The van der Waals surface area contributed by atoms with Gasteiger partial charge in [-0.2, -0.15) is 0 Å². The van der Waals surface area contributed by atoms with E-state index in [0.717, 1.165) is 13.0 Å². The molecule has 0 aromatic rings. The SMILES string of the molecule is CCC1(C(C)O[SiH2]C)CO1. The molecule has 1 rings (SSSR count). The van der Waals surface area contributed by atoms with Crippen molar-refractivity contribution < 1.29 is 9.16 Å². The van der Waals surface area contributed by atoms with Crippen LogP contribution < -0.4 is 0 Å². The number of hydrogen-bond acceptors (Lipinski definition) is 2. The molecule has 1 saturated heterocycles. The summed E-state index contributed by atoms with van der Waals surface area (Å²) < 4.78 is 10.9. The van der Waals surface area contributed by atoms with E-state index < -0.39 is 0 Å². The highest BCUT2D eigenvalue weighted by atomic mass is 28.2. The average Bonchev–Trinajstić information content (AvgIpc) is 2.68. The van der Waals surface area contributed by atoms with E-state index in [9.17, 15) is 0 Å². The smallest absolute Gasteiger partial charge is 0.159 e. The lowest BCUT2D eigenvalue weighted by atomic mass is 10.0. The molecule has 3 heteroatoms. The van der Waals surface area contributed by atoms with E-state index in [1.165, 1.54) is 0 Å². The molecule has 2 atom stereocenters. The zero-order valence-electron chi connectivity index (χ0n) is 7.02. The fourth-order valence-electron chi connectivity index (χ4n) is 1.22. The number of hydrogen-bond donors (Lipinski definition) is 0. The van der Waals surface area contributed by atoms with Crippen LogP contribution in [0.15, 0.2) is 0 Å². The first-order valence-electron chi connectivity index (χ1n) is 4.00. The number of rotatable bonds is 4. The Kier molecular flexibility index (Phi) is 2.49. The molecule has 0 amide bonds. The van der Waals surface area contributed by atoms with Crippen LogP contribution in [-0.2, 0) is 9.16 Å². The Labute approximate surface area is 64.8 Å². The van der Waals surface area contributed by atoms with Crippen LogP contribution in [0.1, 0.15) is 20.3 Å². The van der Waals surface area contributed by atoms with Crippen LogP contribution in [-0.4, -0.2) is 28.1 Å². The molecule has 60 valence electrons. The molecule has 0 aromatic carbocycles. The van der Waals surface area contributed by atoms with E-state index in [4.69, 9.17) is 9.16 Å². The van der Waals surface area contributed by atoms with Gasteiger partial charge in [-0.15, -0.1) is 0 Å². The molecular weight excluding hydrogens is 144 g/mol. The third-order valence-electron chi connectivity index (χ3n) is 2.27. The summed E-state index contributed by atoms with van der Waals surface area (Å²) in [7, 11) is -0.263. The number of ether oxygens (including phenoxy) is 1. The molecule has 1 aliphatic rings. The Hall–Kier alpha value is 0.137. The second-order valence-electron chi connectivity index (χ2n) is 2.80. The summed E-state index contributed by atoms with van der Waals surface area (Å²) in [6.45, 7) is 7.33. The Bertz CT molecular complexity index is 112. The quantitative estimate of drug-likeness (QED) is 0.446. The van der Waals surface area contributed by atoms with Crippen molar-refractivity contribution >= 4 is 9.76 Å². The molecule has 0 spiro atoms. The van der Waals surface area contributed by atoms with Gasteiger partial charge < -0.3 is 9.16 Å². The van der Waals surface area contributed by atoms with Crippen LogP contribution in [0.3, 0.4) is 0 Å². The predicted octanol–water partition coefficient (Wildman–Crippen LogP) is 0.702. The Balaban J connectivity index is 2.32. The van der Waals surface area contributed by atoms with Gasteiger partial charge in [-0.3, -0.25) is 0 Å². The van der Waals surface area contributed by atoms with Crippen molar-refractivity contribution in [3.63, 3.8) is 0 Å². The molecule has 2 unspecified atom stereocenters. The van der Waals surface area contributed by atoms with E-state index in [1.807, 2.05) is 0 Å². The molecule has 1 heterocycles. The van der Waals surface area contributed by atoms with Crippen LogP contribution in [0, 0.1) is 0 Å². The summed E-state index contributed by atoms with van der Waals surface area (Å²) in [4.78, 5) is 0. The van der Waals surface area contributed by atoms with Gasteiger partial charge in [-0.05, 0) is 13.3 Å². The third-order valence-corrected chi connectivity index (χ3v) is 3.10. The van der Waals surface area contributed by atoms with Crippen molar-refractivity contribution in [3.05, 3.63) is 0 Å². The molecule has 0 aliphatic carbocycles. The lowest BCUT2D eigenvalue weighted by molar-refractivity contribution is 0.113. The predicted molar refractivity (Wildman–Crippen MR) is 43.9 cm³/mol. The van der Waals surface area contributed by atoms with Crippen molar-refractivity contribution in [2.45, 2.75) is 38.5 Å². The fourth-order valence-corrected chi connectivity index (χ4v) is 2.02. The van der Waals surface area contributed by atoms with Crippen molar-refractivity contribution in [2.75, 3.05) is 6.61 Å². The summed E-state index contributed by atoms with van der Waals surface area (Å²) >= 11 is 0. The second kappa shape index (κ2) is 3.03. The monoisotopic (exact) mass is 160 g/mol. The van der Waals surface area contributed by atoms with Crippen LogP contribution in [0.2, 0.25) is 6.55 Å². The maximum Gasteiger partial charge on any atom is 0.159 e. The summed E-state index contributed by atoms with van der Waals surface area (Å²) in [6.07, 6.45) is 1.41. The first kappa shape index (κ1) is 8.24. The van der Waals surface area contributed by atoms with Gasteiger partial charge in [-0.25, -0.2) is 0 Å². The van der Waals surface area contributed by atoms with Crippen molar-refractivity contribution in [1.29, 1.82) is 0 Å². The Morgan fingerprint density at radius 2 is 2.40 bits per heavy atom. The summed E-state index contributed by atoms with van der Waals surface area (Å²) in [5.41, 5.74) is 0.114. The topological polar surface area (TPSA) is 21.8 Å². The van der Waals surface area contributed by atoms with Gasteiger partial charge in [0.15, 0.2) is 9.76 Å². The van der Waals surface area contributed by atoms with Gasteiger partial charge >= 0.3 is 0 Å².